The van der Waals surface area contributed by atoms with Crippen LogP contribution in [0.15, 0.2) is 12.2 Å². The largest absolute Gasteiger partial charge is 0.348 e. The van der Waals surface area contributed by atoms with Crippen LogP contribution in [0.1, 0.15) is 45.1 Å². The summed E-state index contributed by atoms with van der Waals surface area (Å²) in [5, 5.41) is 2.92. The minimum atomic E-state index is -0.000741. The quantitative estimate of drug-likeness (QED) is 0.811. The molecule has 1 rings (SSSR count). The molecule has 0 saturated heterocycles. The molecule has 0 radical (unpaired) electrons. The van der Waals surface area contributed by atoms with Crippen LogP contribution < -0.4 is 5.32 Å². The first-order chi connectivity index (χ1) is 8.27. The second kappa shape index (κ2) is 5.38. The molecule has 18 heavy (non-hydrogen) atoms. The summed E-state index contributed by atoms with van der Waals surface area (Å²) >= 11 is 0. The third-order valence-corrected chi connectivity index (χ3v) is 3.78. The number of carbonyl (C=O) groups is 1. The molecule has 98 valence electrons. The molecule has 0 bridgehead atoms. The van der Waals surface area contributed by atoms with E-state index in [1.165, 1.54) is 16.7 Å². The normalized spacial score (nSPS) is 10.3. The van der Waals surface area contributed by atoms with Crippen LogP contribution in [0.4, 0.5) is 0 Å². The van der Waals surface area contributed by atoms with Crippen LogP contribution in [0.25, 0.3) is 0 Å². The SMILES string of the molecule is C=C(C)CNC(=O)c1c(C)c(C)c(C)c(C)c1C. The van der Waals surface area contributed by atoms with E-state index in [4.69, 9.17) is 0 Å². The van der Waals surface area contributed by atoms with Gasteiger partial charge in [-0.25, -0.2) is 0 Å². The summed E-state index contributed by atoms with van der Waals surface area (Å²) in [5.74, 6) is -0.000741. The average Bonchev–Trinajstić information content (AvgIpc) is 2.31. The highest BCUT2D eigenvalue weighted by Gasteiger charge is 2.17. The van der Waals surface area contributed by atoms with Gasteiger partial charge in [-0.2, -0.15) is 0 Å². The summed E-state index contributed by atoms with van der Waals surface area (Å²) in [6.07, 6.45) is 0. The molecular weight excluding hydrogens is 222 g/mol. The van der Waals surface area contributed by atoms with Crippen molar-refractivity contribution in [1.29, 1.82) is 0 Å². The van der Waals surface area contributed by atoms with Gasteiger partial charge in [0, 0.05) is 12.1 Å². The number of rotatable bonds is 3. The van der Waals surface area contributed by atoms with Crippen LogP contribution in [0.3, 0.4) is 0 Å². The lowest BCUT2D eigenvalue weighted by Crippen LogP contribution is -2.27. The average molecular weight is 245 g/mol. The molecule has 0 unspecified atom stereocenters. The van der Waals surface area contributed by atoms with Gasteiger partial charge in [0.1, 0.15) is 0 Å². The van der Waals surface area contributed by atoms with Gasteiger partial charge in [-0.05, 0) is 69.4 Å². The van der Waals surface area contributed by atoms with Crippen molar-refractivity contribution in [1.82, 2.24) is 5.32 Å². The molecule has 2 heteroatoms. The van der Waals surface area contributed by atoms with Crippen LogP contribution in [-0.4, -0.2) is 12.5 Å². The fourth-order valence-corrected chi connectivity index (χ4v) is 2.16. The monoisotopic (exact) mass is 245 g/mol. The van der Waals surface area contributed by atoms with Gasteiger partial charge in [-0.3, -0.25) is 4.79 Å². The Bertz CT molecular complexity index is 483. The van der Waals surface area contributed by atoms with Crippen LogP contribution >= 0.6 is 0 Å². The lowest BCUT2D eigenvalue weighted by atomic mass is 9.89. The molecule has 2 nitrogen and oxygen atoms in total. The van der Waals surface area contributed by atoms with Crippen LogP contribution in [-0.2, 0) is 0 Å². The predicted molar refractivity (Wildman–Crippen MR) is 77.3 cm³/mol. The highest BCUT2D eigenvalue weighted by atomic mass is 16.1. The maximum Gasteiger partial charge on any atom is 0.252 e. The molecule has 1 aromatic rings. The standard InChI is InChI=1S/C16H23NO/c1-9(2)8-17-16(18)15-13(6)11(4)10(3)12(5)14(15)7/h1,8H2,2-7H3,(H,17,18). The maximum absolute atomic E-state index is 12.3. The first kappa shape index (κ1) is 14.5. The van der Waals surface area contributed by atoms with Crippen LogP contribution in [0.2, 0.25) is 0 Å². The van der Waals surface area contributed by atoms with E-state index in [0.29, 0.717) is 6.54 Å². The van der Waals surface area contributed by atoms with Gasteiger partial charge >= 0.3 is 0 Å². The van der Waals surface area contributed by atoms with Gasteiger partial charge < -0.3 is 5.32 Å². The van der Waals surface area contributed by atoms with Gasteiger partial charge in [0.15, 0.2) is 0 Å². The molecule has 0 saturated carbocycles. The zero-order chi connectivity index (χ0) is 14.0. The van der Waals surface area contributed by atoms with Gasteiger partial charge in [-0.15, -0.1) is 0 Å². The first-order valence-corrected chi connectivity index (χ1v) is 6.26. The molecule has 0 aliphatic heterocycles. The lowest BCUT2D eigenvalue weighted by molar-refractivity contribution is 0.0955. The number of carbonyl (C=O) groups excluding carboxylic acids is 1. The second-order valence-electron chi connectivity index (χ2n) is 5.14. The van der Waals surface area contributed by atoms with Crippen molar-refractivity contribution in [3.8, 4) is 0 Å². The Kier molecular flexibility index (Phi) is 4.33. The van der Waals surface area contributed by atoms with E-state index in [1.54, 1.807) is 0 Å². The summed E-state index contributed by atoms with van der Waals surface area (Å²) < 4.78 is 0. The maximum atomic E-state index is 12.3. The topological polar surface area (TPSA) is 29.1 Å². The number of amides is 1. The van der Waals surface area contributed by atoms with Crippen molar-refractivity contribution < 1.29 is 4.79 Å². The van der Waals surface area contributed by atoms with Crippen LogP contribution in [0.5, 0.6) is 0 Å². The van der Waals surface area contributed by atoms with Gasteiger partial charge in [0.25, 0.3) is 5.91 Å². The molecule has 1 aromatic carbocycles. The Hall–Kier alpha value is -1.57. The Morgan fingerprint density at radius 1 is 0.944 bits per heavy atom. The molecule has 1 N–H and O–H groups in total. The van der Waals surface area contributed by atoms with E-state index >= 15 is 0 Å². The Morgan fingerprint density at radius 3 is 1.72 bits per heavy atom. The third kappa shape index (κ3) is 2.63. The number of hydrogen-bond donors (Lipinski definition) is 1. The summed E-state index contributed by atoms with van der Waals surface area (Å²) in [7, 11) is 0. The fraction of sp³-hybridized carbons (Fsp3) is 0.438. The minimum Gasteiger partial charge on any atom is -0.348 e. The molecule has 0 heterocycles. The second-order valence-corrected chi connectivity index (χ2v) is 5.14. The fourth-order valence-electron chi connectivity index (χ4n) is 2.16. The molecule has 0 atom stereocenters. The van der Waals surface area contributed by atoms with Crippen molar-refractivity contribution in [3.05, 3.63) is 45.5 Å². The number of hydrogen-bond acceptors (Lipinski definition) is 1. The lowest BCUT2D eigenvalue weighted by Gasteiger charge is -2.18. The van der Waals surface area contributed by atoms with E-state index < -0.39 is 0 Å². The summed E-state index contributed by atoms with van der Waals surface area (Å²) in [4.78, 5) is 12.3. The molecule has 0 fully saturated rings. The van der Waals surface area contributed by atoms with E-state index in [0.717, 1.165) is 22.3 Å². The zero-order valence-electron chi connectivity index (χ0n) is 12.3. The minimum absolute atomic E-state index is 0.000741. The van der Waals surface area contributed by atoms with E-state index in [9.17, 15) is 4.79 Å². The van der Waals surface area contributed by atoms with E-state index in [1.807, 2.05) is 20.8 Å². The molecule has 1 amide bonds. The highest BCUT2D eigenvalue weighted by Crippen LogP contribution is 2.25. The van der Waals surface area contributed by atoms with Gasteiger partial charge in [0.05, 0.1) is 0 Å². The number of benzene rings is 1. The molecule has 0 aliphatic carbocycles. The number of nitrogens with one attached hydrogen (secondary N) is 1. The third-order valence-electron chi connectivity index (χ3n) is 3.78. The smallest absolute Gasteiger partial charge is 0.252 e. The van der Waals surface area contributed by atoms with Crippen LogP contribution in [0, 0.1) is 34.6 Å². The predicted octanol–water partition coefficient (Wildman–Crippen LogP) is 3.53. The van der Waals surface area contributed by atoms with Crippen molar-refractivity contribution in [2.45, 2.75) is 41.5 Å². The molecule has 0 spiro atoms. The summed E-state index contributed by atoms with van der Waals surface area (Å²) in [6.45, 7) is 16.5. The van der Waals surface area contributed by atoms with Crippen molar-refractivity contribution >= 4 is 5.91 Å². The Labute approximate surface area is 110 Å². The van der Waals surface area contributed by atoms with Gasteiger partial charge in [-0.1, -0.05) is 12.2 Å². The van der Waals surface area contributed by atoms with E-state index in [2.05, 4.69) is 32.7 Å². The molecular formula is C16H23NO. The molecule has 0 aliphatic rings. The van der Waals surface area contributed by atoms with Crippen molar-refractivity contribution in [2.75, 3.05) is 6.54 Å². The van der Waals surface area contributed by atoms with Gasteiger partial charge in [0.2, 0.25) is 0 Å². The summed E-state index contributed by atoms with van der Waals surface area (Å²) in [5.41, 5.74) is 7.62. The zero-order valence-corrected chi connectivity index (χ0v) is 12.3. The highest BCUT2D eigenvalue weighted by molar-refractivity contribution is 5.98. The van der Waals surface area contributed by atoms with Crippen molar-refractivity contribution in [3.63, 3.8) is 0 Å². The van der Waals surface area contributed by atoms with Crippen molar-refractivity contribution in [2.24, 2.45) is 0 Å². The Balaban J connectivity index is 3.24. The Morgan fingerprint density at radius 2 is 1.33 bits per heavy atom. The van der Waals surface area contributed by atoms with E-state index in [-0.39, 0.29) is 5.91 Å². The first-order valence-electron chi connectivity index (χ1n) is 6.26. The molecule has 0 aromatic heterocycles. The summed E-state index contributed by atoms with van der Waals surface area (Å²) in [6, 6.07) is 0.